The van der Waals surface area contributed by atoms with E-state index in [-0.39, 0.29) is 18.4 Å². The van der Waals surface area contributed by atoms with Gasteiger partial charge in [-0.1, -0.05) is 52.0 Å². The minimum Gasteiger partial charge on any atom is -0.324 e. The molecule has 1 N–H and O–H groups in total. The van der Waals surface area contributed by atoms with Crippen molar-refractivity contribution in [1.29, 1.82) is 0 Å². The molecule has 1 saturated heterocycles. The first-order chi connectivity index (χ1) is 14.2. The van der Waals surface area contributed by atoms with Crippen LogP contribution in [0.3, 0.4) is 0 Å². The van der Waals surface area contributed by atoms with E-state index in [2.05, 4.69) is 5.32 Å². The summed E-state index contributed by atoms with van der Waals surface area (Å²) >= 11 is 1.39. The van der Waals surface area contributed by atoms with Crippen LogP contribution in [-0.4, -0.2) is 40.1 Å². The number of nitrogens with one attached hydrogen (secondary N) is 1. The summed E-state index contributed by atoms with van der Waals surface area (Å²) in [5.41, 5.74) is 2.65. The third-order valence-electron chi connectivity index (χ3n) is 4.97. The van der Waals surface area contributed by atoms with Gasteiger partial charge in [0.15, 0.2) is 0 Å². The zero-order chi connectivity index (χ0) is 22.0. The molecule has 7 nitrogen and oxygen atoms in total. The lowest BCUT2D eigenvalue weighted by atomic mass is 9.92. The van der Waals surface area contributed by atoms with Crippen molar-refractivity contribution >= 4 is 40.8 Å². The van der Waals surface area contributed by atoms with E-state index in [1.54, 1.807) is 12.1 Å². The highest BCUT2D eigenvalue weighted by Gasteiger charge is 2.45. The van der Waals surface area contributed by atoms with Crippen molar-refractivity contribution in [3.8, 4) is 0 Å². The minimum atomic E-state index is -0.979. The quantitative estimate of drug-likeness (QED) is 0.536. The van der Waals surface area contributed by atoms with Crippen LogP contribution in [0.4, 0.5) is 10.5 Å². The Balaban J connectivity index is 1.77. The van der Waals surface area contributed by atoms with Gasteiger partial charge in [0.1, 0.15) is 6.54 Å². The highest BCUT2D eigenvalue weighted by atomic mass is 32.1. The molecule has 1 aliphatic heterocycles. The maximum atomic E-state index is 12.8. The molecule has 2 heterocycles. The molecule has 30 heavy (non-hydrogen) atoms. The smallest absolute Gasteiger partial charge is 0.324 e. The van der Waals surface area contributed by atoms with Crippen LogP contribution in [0.15, 0.2) is 35.7 Å². The van der Waals surface area contributed by atoms with Crippen molar-refractivity contribution in [3.63, 3.8) is 0 Å². The molecule has 1 aromatic heterocycles. The molecule has 0 unspecified atom stereocenters. The first-order valence-electron chi connectivity index (χ1n) is 9.83. The molecule has 0 saturated carbocycles. The number of amides is 5. The summed E-state index contributed by atoms with van der Waals surface area (Å²) in [5, 5.41) is 4.70. The minimum absolute atomic E-state index is 0.0207. The zero-order valence-corrected chi connectivity index (χ0v) is 18.3. The standard InChI is InChI=1S/C22H25N3O4S/c1-13(2)16-8-5-9-17(14(3)4)19(16)23-18(26)12-25-21(28)20(27)24(22(25)29)11-15-7-6-10-30-15/h5-10,13-14H,11-12H2,1-4H3,(H,23,26). The second-order valence-corrected chi connectivity index (χ2v) is 8.85. The van der Waals surface area contributed by atoms with Gasteiger partial charge in [-0.15, -0.1) is 11.3 Å². The van der Waals surface area contributed by atoms with Crippen LogP contribution < -0.4 is 5.32 Å². The number of hydrogen-bond donors (Lipinski definition) is 1. The van der Waals surface area contributed by atoms with Crippen LogP contribution in [0, 0.1) is 0 Å². The first-order valence-corrected chi connectivity index (χ1v) is 10.7. The molecule has 3 rings (SSSR count). The monoisotopic (exact) mass is 427 g/mol. The average molecular weight is 428 g/mol. The van der Waals surface area contributed by atoms with Gasteiger partial charge in [-0.3, -0.25) is 19.3 Å². The highest BCUT2D eigenvalue weighted by molar-refractivity contribution is 7.09. The number of hydrogen-bond acceptors (Lipinski definition) is 5. The highest BCUT2D eigenvalue weighted by Crippen LogP contribution is 2.32. The summed E-state index contributed by atoms with van der Waals surface area (Å²) < 4.78 is 0. The Kier molecular flexibility index (Phi) is 6.36. The summed E-state index contributed by atoms with van der Waals surface area (Å²) in [7, 11) is 0. The number of thiophene rings is 1. The van der Waals surface area contributed by atoms with Crippen LogP contribution >= 0.6 is 11.3 Å². The summed E-state index contributed by atoms with van der Waals surface area (Å²) in [6.45, 7) is 7.64. The van der Waals surface area contributed by atoms with Gasteiger partial charge < -0.3 is 5.32 Å². The predicted molar refractivity (Wildman–Crippen MR) is 115 cm³/mol. The second kappa shape index (κ2) is 8.79. The van der Waals surface area contributed by atoms with Gasteiger partial charge >= 0.3 is 17.8 Å². The lowest BCUT2D eigenvalue weighted by Gasteiger charge is -2.21. The Bertz CT molecular complexity index is 956. The zero-order valence-electron chi connectivity index (χ0n) is 17.5. The number of imide groups is 2. The van der Waals surface area contributed by atoms with E-state index in [0.29, 0.717) is 10.6 Å². The van der Waals surface area contributed by atoms with Crippen LogP contribution in [0.2, 0.25) is 0 Å². The van der Waals surface area contributed by atoms with E-state index >= 15 is 0 Å². The van der Waals surface area contributed by atoms with Gasteiger partial charge in [0.25, 0.3) is 0 Å². The second-order valence-electron chi connectivity index (χ2n) is 7.81. The fraction of sp³-hybridized carbons (Fsp3) is 0.364. The van der Waals surface area contributed by atoms with Crippen molar-refractivity contribution < 1.29 is 19.2 Å². The Labute approximate surface area is 179 Å². The van der Waals surface area contributed by atoms with E-state index in [0.717, 1.165) is 20.9 Å². The number of urea groups is 1. The van der Waals surface area contributed by atoms with Gasteiger partial charge in [0.05, 0.1) is 6.54 Å². The molecule has 0 aliphatic carbocycles. The number of para-hydroxylation sites is 1. The van der Waals surface area contributed by atoms with Gasteiger partial charge in [0, 0.05) is 10.6 Å². The van der Waals surface area contributed by atoms with Crippen LogP contribution in [0.1, 0.15) is 55.5 Å². The molecule has 2 aromatic rings. The van der Waals surface area contributed by atoms with E-state index < -0.39 is 30.3 Å². The lowest BCUT2D eigenvalue weighted by molar-refractivity contribution is -0.143. The van der Waals surface area contributed by atoms with Crippen LogP contribution in [0.5, 0.6) is 0 Å². The first kappa shape index (κ1) is 21.7. The van der Waals surface area contributed by atoms with E-state index in [4.69, 9.17) is 0 Å². The molecule has 1 fully saturated rings. The van der Waals surface area contributed by atoms with Gasteiger partial charge in [-0.2, -0.15) is 0 Å². The number of benzene rings is 1. The van der Waals surface area contributed by atoms with Gasteiger partial charge in [-0.25, -0.2) is 9.69 Å². The van der Waals surface area contributed by atoms with Crippen molar-refractivity contribution in [2.24, 2.45) is 0 Å². The van der Waals surface area contributed by atoms with Crippen molar-refractivity contribution in [3.05, 3.63) is 51.7 Å². The van der Waals surface area contributed by atoms with Crippen molar-refractivity contribution in [2.45, 2.75) is 46.1 Å². The Hall–Kier alpha value is -3.00. The topological polar surface area (TPSA) is 86.8 Å². The Morgan fingerprint density at radius 2 is 1.53 bits per heavy atom. The molecule has 0 spiro atoms. The van der Waals surface area contributed by atoms with Gasteiger partial charge in [-0.05, 0) is 34.4 Å². The predicted octanol–water partition coefficient (Wildman–Crippen LogP) is 3.92. The molecular formula is C22H25N3O4S. The maximum Gasteiger partial charge on any atom is 0.335 e. The molecule has 0 atom stereocenters. The van der Waals surface area contributed by atoms with E-state index in [1.807, 2.05) is 51.3 Å². The number of carbonyl (C=O) groups excluding carboxylic acids is 4. The molecular weight excluding hydrogens is 402 g/mol. The molecule has 8 heteroatoms. The summed E-state index contributed by atoms with van der Waals surface area (Å²) in [5.74, 6) is -2.05. The van der Waals surface area contributed by atoms with Crippen molar-refractivity contribution in [2.75, 3.05) is 11.9 Å². The van der Waals surface area contributed by atoms with Crippen LogP contribution in [-0.2, 0) is 20.9 Å². The third-order valence-corrected chi connectivity index (χ3v) is 5.83. The average Bonchev–Trinajstić information content (AvgIpc) is 3.27. The number of carbonyl (C=O) groups is 4. The molecule has 1 aromatic carbocycles. The van der Waals surface area contributed by atoms with E-state index in [9.17, 15) is 19.2 Å². The Morgan fingerprint density at radius 3 is 2.07 bits per heavy atom. The SMILES string of the molecule is CC(C)c1cccc(C(C)C)c1NC(=O)CN1C(=O)C(=O)N(Cc2cccs2)C1=O. The molecule has 0 radical (unpaired) electrons. The molecule has 5 amide bonds. The number of anilines is 1. The fourth-order valence-corrected chi connectivity index (χ4v) is 4.10. The lowest BCUT2D eigenvalue weighted by Crippen LogP contribution is -2.39. The van der Waals surface area contributed by atoms with Crippen LogP contribution in [0.25, 0.3) is 0 Å². The normalized spacial score (nSPS) is 14.4. The molecule has 158 valence electrons. The Morgan fingerprint density at radius 1 is 0.933 bits per heavy atom. The summed E-state index contributed by atoms with van der Waals surface area (Å²) in [6, 6.07) is 8.66. The largest absolute Gasteiger partial charge is 0.335 e. The molecule has 1 aliphatic rings. The fourth-order valence-electron chi connectivity index (χ4n) is 3.41. The third kappa shape index (κ3) is 4.28. The number of nitrogens with zero attached hydrogens (tertiary/aromatic N) is 2. The maximum absolute atomic E-state index is 12.8. The molecule has 0 bridgehead atoms. The number of rotatable bonds is 7. The van der Waals surface area contributed by atoms with Crippen molar-refractivity contribution in [1.82, 2.24) is 9.80 Å². The van der Waals surface area contributed by atoms with E-state index in [1.165, 1.54) is 11.3 Å². The summed E-state index contributed by atoms with van der Waals surface area (Å²) in [4.78, 5) is 52.3. The summed E-state index contributed by atoms with van der Waals surface area (Å²) in [6.07, 6.45) is 0. The van der Waals surface area contributed by atoms with Gasteiger partial charge in [0.2, 0.25) is 5.91 Å².